The molecular formula is C14H22N2S. The van der Waals surface area contributed by atoms with Crippen molar-refractivity contribution in [2.45, 2.75) is 56.8 Å². The maximum Gasteiger partial charge on any atom is 0.0972 e. The third-order valence-corrected chi connectivity index (χ3v) is 5.23. The van der Waals surface area contributed by atoms with E-state index in [1.165, 1.54) is 62.2 Å². The van der Waals surface area contributed by atoms with Crippen molar-refractivity contribution in [1.29, 1.82) is 0 Å². The summed E-state index contributed by atoms with van der Waals surface area (Å²) in [5.41, 5.74) is 1.40. The van der Waals surface area contributed by atoms with Crippen molar-refractivity contribution in [2.75, 3.05) is 13.1 Å². The first kappa shape index (κ1) is 11.7. The third kappa shape index (κ3) is 2.71. The minimum atomic E-state index is 0.686. The van der Waals surface area contributed by atoms with E-state index in [0.717, 1.165) is 12.5 Å². The van der Waals surface area contributed by atoms with Crippen molar-refractivity contribution in [3.63, 3.8) is 0 Å². The Morgan fingerprint density at radius 2 is 1.88 bits per heavy atom. The molecule has 0 radical (unpaired) electrons. The Labute approximate surface area is 108 Å². The van der Waals surface area contributed by atoms with Gasteiger partial charge < -0.3 is 5.32 Å². The summed E-state index contributed by atoms with van der Waals surface area (Å²) in [4.78, 5) is 4.94. The minimum absolute atomic E-state index is 0.686. The molecule has 1 saturated heterocycles. The molecule has 2 fully saturated rings. The van der Waals surface area contributed by atoms with Crippen molar-refractivity contribution in [3.8, 4) is 0 Å². The number of thiazole rings is 1. The number of nitrogens with zero attached hydrogens (tertiary/aromatic N) is 1. The summed E-state index contributed by atoms with van der Waals surface area (Å²) in [6, 6.07) is 0. The lowest BCUT2D eigenvalue weighted by molar-refractivity contribution is 0.433. The van der Waals surface area contributed by atoms with Crippen LogP contribution >= 0.6 is 11.3 Å². The molecule has 1 atom stereocenters. The van der Waals surface area contributed by atoms with Gasteiger partial charge in [-0.25, -0.2) is 4.98 Å². The average molecular weight is 250 g/mol. The zero-order valence-electron chi connectivity index (χ0n) is 10.5. The first-order valence-corrected chi connectivity index (χ1v) is 7.97. The molecule has 1 N–H and O–H groups in total. The molecule has 1 aromatic rings. The Hall–Kier alpha value is -0.410. The number of hydrogen-bond donors (Lipinski definition) is 1. The van der Waals surface area contributed by atoms with E-state index in [1.807, 2.05) is 11.3 Å². The van der Waals surface area contributed by atoms with Gasteiger partial charge >= 0.3 is 0 Å². The predicted octanol–water partition coefficient (Wildman–Crippen LogP) is 3.66. The average Bonchev–Trinajstić information content (AvgIpc) is 2.90. The Morgan fingerprint density at radius 3 is 2.65 bits per heavy atom. The van der Waals surface area contributed by atoms with Crippen LogP contribution in [0.15, 0.2) is 5.38 Å². The fourth-order valence-corrected chi connectivity index (χ4v) is 4.18. The van der Waals surface area contributed by atoms with E-state index >= 15 is 0 Å². The highest BCUT2D eigenvalue weighted by atomic mass is 32.1. The fourth-order valence-electron chi connectivity index (χ4n) is 3.14. The molecule has 3 heteroatoms. The lowest BCUT2D eigenvalue weighted by Crippen LogP contribution is -2.28. The second kappa shape index (κ2) is 5.49. The highest BCUT2D eigenvalue weighted by Gasteiger charge is 2.22. The summed E-state index contributed by atoms with van der Waals surface area (Å²) in [6.07, 6.45) is 9.61. The van der Waals surface area contributed by atoms with E-state index < -0.39 is 0 Å². The van der Waals surface area contributed by atoms with Crippen molar-refractivity contribution in [2.24, 2.45) is 0 Å². The topological polar surface area (TPSA) is 24.9 Å². The molecule has 1 aliphatic carbocycles. The van der Waals surface area contributed by atoms with Gasteiger partial charge in [0.2, 0.25) is 0 Å². The summed E-state index contributed by atoms with van der Waals surface area (Å²) in [5.74, 6) is 1.45. The smallest absolute Gasteiger partial charge is 0.0972 e. The molecule has 1 unspecified atom stereocenters. The Bertz CT molecular complexity index is 316. The van der Waals surface area contributed by atoms with Crippen LogP contribution < -0.4 is 5.32 Å². The monoisotopic (exact) mass is 250 g/mol. The highest BCUT2D eigenvalue weighted by molar-refractivity contribution is 7.09. The fraction of sp³-hybridized carbons (Fsp3) is 0.786. The molecule has 3 rings (SSSR count). The normalized spacial score (nSPS) is 27.2. The van der Waals surface area contributed by atoms with Gasteiger partial charge in [-0.2, -0.15) is 0 Å². The van der Waals surface area contributed by atoms with E-state index in [2.05, 4.69) is 10.7 Å². The summed E-state index contributed by atoms with van der Waals surface area (Å²) < 4.78 is 0. The van der Waals surface area contributed by atoms with Gasteiger partial charge in [-0.3, -0.25) is 0 Å². The minimum Gasteiger partial charge on any atom is -0.316 e. The summed E-state index contributed by atoms with van der Waals surface area (Å²) in [7, 11) is 0. The maximum absolute atomic E-state index is 4.94. The number of rotatable bonds is 2. The van der Waals surface area contributed by atoms with Crippen LogP contribution in [0, 0.1) is 0 Å². The van der Waals surface area contributed by atoms with Crippen LogP contribution in [0.3, 0.4) is 0 Å². The van der Waals surface area contributed by atoms with Gasteiger partial charge in [0.05, 0.1) is 10.7 Å². The number of aromatic nitrogens is 1. The molecule has 94 valence electrons. The molecule has 0 aromatic carbocycles. The van der Waals surface area contributed by atoms with Crippen LogP contribution in [0.4, 0.5) is 0 Å². The van der Waals surface area contributed by atoms with E-state index in [4.69, 9.17) is 4.98 Å². The Morgan fingerprint density at radius 1 is 1.06 bits per heavy atom. The van der Waals surface area contributed by atoms with Crippen LogP contribution in [0.5, 0.6) is 0 Å². The van der Waals surface area contributed by atoms with Crippen molar-refractivity contribution in [1.82, 2.24) is 10.3 Å². The number of hydrogen-bond acceptors (Lipinski definition) is 3. The van der Waals surface area contributed by atoms with E-state index in [0.29, 0.717) is 5.92 Å². The zero-order valence-corrected chi connectivity index (χ0v) is 11.3. The van der Waals surface area contributed by atoms with Gasteiger partial charge in [-0.05, 0) is 32.2 Å². The molecule has 0 bridgehead atoms. The lowest BCUT2D eigenvalue weighted by Gasteiger charge is -2.21. The van der Waals surface area contributed by atoms with Gasteiger partial charge in [0.1, 0.15) is 0 Å². The van der Waals surface area contributed by atoms with Crippen molar-refractivity contribution < 1.29 is 0 Å². The molecule has 2 nitrogen and oxygen atoms in total. The van der Waals surface area contributed by atoms with E-state index in [1.54, 1.807) is 0 Å². The predicted molar refractivity (Wildman–Crippen MR) is 72.8 cm³/mol. The molecule has 2 heterocycles. The molecule has 0 amide bonds. The second-order valence-electron chi connectivity index (χ2n) is 5.49. The lowest BCUT2D eigenvalue weighted by atomic mass is 9.87. The second-order valence-corrected chi connectivity index (χ2v) is 6.38. The third-order valence-electron chi connectivity index (χ3n) is 4.21. The van der Waals surface area contributed by atoms with Gasteiger partial charge in [-0.1, -0.05) is 19.3 Å². The van der Waals surface area contributed by atoms with Crippen LogP contribution in [-0.2, 0) is 0 Å². The molecule has 2 aliphatic rings. The molecule has 0 spiro atoms. The maximum atomic E-state index is 4.94. The Balaban J connectivity index is 1.68. The SMILES string of the molecule is c1sc(C2CCCNC2)nc1C1CCCCC1. The number of nitrogens with one attached hydrogen (secondary N) is 1. The van der Waals surface area contributed by atoms with Crippen LogP contribution in [-0.4, -0.2) is 18.1 Å². The van der Waals surface area contributed by atoms with Gasteiger partial charge in [0.15, 0.2) is 0 Å². The molecule has 1 aliphatic heterocycles. The quantitative estimate of drug-likeness (QED) is 0.866. The van der Waals surface area contributed by atoms with Crippen molar-refractivity contribution in [3.05, 3.63) is 16.1 Å². The molecular weight excluding hydrogens is 228 g/mol. The van der Waals surface area contributed by atoms with Gasteiger partial charge in [0.25, 0.3) is 0 Å². The first-order chi connectivity index (χ1) is 8.43. The van der Waals surface area contributed by atoms with E-state index in [-0.39, 0.29) is 0 Å². The largest absolute Gasteiger partial charge is 0.316 e. The molecule has 1 aromatic heterocycles. The van der Waals surface area contributed by atoms with Crippen LogP contribution in [0.2, 0.25) is 0 Å². The summed E-state index contributed by atoms with van der Waals surface area (Å²) in [6.45, 7) is 2.33. The van der Waals surface area contributed by atoms with Crippen molar-refractivity contribution >= 4 is 11.3 Å². The Kier molecular flexibility index (Phi) is 3.77. The van der Waals surface area contributed by atoms with Gasteiger partial charge in [-0.15, -0.1) is 11.3 Å². The summed E-state index contributed by atoms with van der Waals surface area (Å²) in [5, 5.41) is 7.21. The standard InChI is InChI=1S/C14H22N2S/c1-2-5-11(6-3-1)13-10-17-14(16-13)12-7-4-8-15-9-12/h10-12,15H,1-9H2. The molecule has 17 heavy (non-hydrogen) atoms. The van der Waals surface area contributed by atoms with Crippen LogP contribution in [0.25, 0.3) is 0 Å². The van der Waals surface area contributed by atoms with Gasteiger partial charge in [0, 0.05) is 23.8 Å². The van der Waals surface area contributed by atoms with E-state index in [9.17, 15) is 0 Å². The zero-order chi connectivity index (χ0) is 11.5. The van der Waals surface area contributed by atoms with Crippen LogP contribution in [0.1, 0.15) is 67.5 Å². The summed E-state index contributed by atoms with van der Waals surface area (Å²) >= 11 is 1.90. The molecule has 1 saturated carbocycles. The number of piperidine rings is 1. The first-order valence-electron chi connectivity index (χ1n) is 7.09. The highest BCUT2D eigenvalue weighted by Crippen LogP contribution is 2.35.